The largest absolute Gasteiger partial charge is 0.506 e. The van der Waals surface area contributed by atoms with Gasteiger partial charge in [-0.25, -0.2) is 17.8 Å². The highest BCUT2D eigenvalue weighted by molar-refractivity contribution is 7.95. The first kappa shape index (κ1) is 29.1. The number of halogens is 1. The van der Waals surface area contributed by atoms with Crippen LogP contribution in [0.2, 0.25) is 0 Å². The number of fused-ring (bicyclic) bond motifs is 1. The molecule has 9 nitrogen and oxygen atoms in total. The minimum Gasteiger partial charge on any atom is -0.506 e. The minimum atomic E-state index is -4.08. The highest BCUT2D eigenvalue weighted by Crippen LogP contribution is 2.52. The first-order valence-electron chi connectivity index (χ1n) is 13.3. The molecule has 0 aliphatic carbocycles. The smallest absolute Gasteiger partial charge is 0.281 e. The highest BCUT2D eigenvalue weighted by Gasteiger charge is 2.48. The summed E-state index contributed by atoms with van der Waals surface area (Å²) in [6.45, 7) is 14.1. The number of rotatable bonds is 6. The van der Waals surface area contributed by atoms with Crippen molar-refractivity contribution in [3.63, 3.8) is 0 Å². The summed E-state index contributed by atoms with van der Waals surface area (Å²) >= 11 is 0. The summed E-state index contributed by atoms with van der Waals surface area (Å²) in [6, 6.07) is 7.07. The molecule has 0 bridgehead atoms. The monoisotopic (exact) mass is 593 g/mol. The second-order valence-corrected chi connectivity index (χ2v) is 13.1. The Morgan fingerprint density at radius 3 is 2.60 bits per heavy atom. The van der Waals surface area contributed by atoms with Gasteiger partial charge in [0.05, 0.1) is 16.3 Å². The van der Waals surface area contributed by atoms with Crippen molar-refractivity contribution in [2.75, 3.05) is 16.0 Å². The van der Waals surface area contributed by atoms with Crippen LogP contribution in [0.1, 0.15) is 54.0 Å². The molecule has 5 rings (SSSR count). The predicted molar refractivity (Wildman–Crippen MR) is 158 cm³/mol. The van der Waals surface area contributed by atoms with Crippen molar-refractivity contribution >= 4 is 27.1 Å². The van der Waals surface area contributed by atoms with Crippen LogP contribution in [-0.4, -0.2) is 36.3 Å². The van der Waals surface area contributed by atoms with E-state index in [0.717, 1.165) is 6.07 Å². The van der Waals surface area contributed by atoms with Crippen LogP contribution >= 0.6 is 0 Å². The van der Waals surface area contributed by atoms with Gasteiger partial charge in [-0.3, -0.25) is 9.69 Å². The van der Waals surface area contributed by atoms with Crippen LogP contribution in [0.25, 0.3) is 0 Å². The molecule has 2 aliphatic heterocycles. The molecule has 1 amide bonds. The first-order chi connectivity index (χ1) is 19.8. The number of aromatic nitrogens is 1. The van der Waals surface area contributed by atoms with Crippen molar-refractivity contribution in [3.05, 3.63) is 101 Å². The second kappa shape index (κ2) is 10.5. The van der Waals surface area contributed by atoms with Crippen molar-refractivity contribution < 1.29 is 31.9 Å². The zero-order valence-corrected chi connectivity index (χ0v) is 24.6. The van der Waals surface area contributed by atoms with Crippen molar-refractivity contribution in [1.29, 1.82) is 0 Å². The van der Waals surface area contributed by atoms with E-state index in [1.54, 1.807) is 19.9 Å². The van der Waals surface area contributed by atoms with Gasteiger partial charge < -0.3 is 19.6 Å². The normalized spacial score (nSPS) is 18.9. The van der Waals surface area contributed by atoms with E-state index >= 15 is 4.39 Å². The number of sulfone groups is 1. The van der Waals surface area contributed by atoms with Crippen LogP contribution in [0.3, 0.4) is 0 Å². The van der Waals surface area contributed by atoms with Crippen molar-refractivity contribution in [1.82, 2.24) is 4.98 Å². The number of ether oxygens (including phenoxy) is 1. The van der Waals surface area contributed by atoms with E-state index in [1.807, 2.05) is 13.8 Å². The van der Waals surface area contributed by atoms with Crippen LogP contribution in [0.5, 0.6) is 11.5 Å². The van der Waals surface area contributed by atoms with Gasteiger partial charge in [0, 0.05) is 24.3 Å². The van der Waals surface area contributed by atoms with E-state index < -0.39 is 39.1 Å². The number of nitrogens with one attached hydrogen (secondary N) is 1. The fraction of sp³-hybridized carbons (Fsp3) is 0.290. The molecule has 2 aromatic carbocycles. The summed E-state index contributed by atoms with van der Waals surface area (Å²) in [4.78, 5) is 19.6. The SMILES string of the molecule is C=CC(C=C)Oc1ccc(C2C3=C(CC(C)(C)CS3(=O)=O)Nc3c(O)cccc3N2C(=O)c2nc(C)oc2C)c(F)c1. The molecule has 220 valence electrons. The summed E-state index contributed by atoms with van der Waals surface area (Å²) in [5.41, 5.74) is -0.308. The number of carbonyl (C=O) groups excluding carboxylic acids is 1. The summed E-state index contributed by atoms with van der Waals surface area (Å²) in [7, 11) is -4.08. The van der Waals surface area contributed by atoms with Crippen LogP contribution in [-0.2, 0) is 9.84 Å². The van der Waals surface area contributed by atoms with Crippen molar-refractivity contribution in [2.24, 2.45) is 5.41 Å². The molecule has 3 heterocycles. The number of hydrogen-bond donors (Lipinski definition) is 2. The summed E-state index contributed by atoms with van der Waals surface area (Å²) < 4.78 is 55.6. The fourth-order valence-corrected chi connectivity index (χ4v) is 7.96. The van der Waals surface area contributed by atoms with Crippen LogP contribution in [0, 0.1) is 25.1 Å². The summed E-state index contributed by atoms with van der Waals surface area (Å²) in [6.07, 6.45) is 2.67. The number of aromatic hydroxyl groups is 1. The third kappa shape index (κ3) is 5.09. The molecule has 0 radical (unpaired) electrons. The molecule has 2 aliphatic rings. The number of carbonyl (C=O) groups is 1. The Bertz CT molecular complexity index is 1750. The Morgan fingerprint density at radius 1 is 1.26 bits per heavy atom. The number of phenolic OH excluding ortho intramolecular Hbond substituents is 1. The topological polar surface area (TPSA) is 122 Å². The van der Waals surface area contributed by atoms with Gasteiger partial charge in [-0.2, -0.15) is 0 Å². The average molecular weight is 594 g/mol. The quantitative estimate of drug-likeness (QED) is 0.259. The van der Waals surface area contributed by atoms with E-state index in [9.17, 15) is 18.3 Å². The van der Waals surface area contributed by atoms with E-state index in [2.05, 4.69) is 23.5 Å². The lowest BCUT2D eigenvalue weighted by Gasteiger charge is -2.37. The van der Waals surface area contributed by atoms with Gasteiger partial charge in [0.2, 0.25) is 0 Å². The lowest BCUT2D eigenvalue weighted by atomic mass is 9.88. The molecule has 0 fully saturated rings. The number of oxazole rings is 1. The zero-order valence-electron chi connectivity index (χ0n) is 23.8. The second-order valence-electron chi connectivity index (χ2n) is 11.2. The van der Waals surface area contributed by atoms with Crippen LogP contribution < -0.4 is 15.0 Å². The maximum Gasteiger partial charge on any atom is 0.281 e. The van der Waals surface area contributed by atoms with Gasteiger partial charge in [0.25, 0.3) is 5.91 Å². The molecule has 1 aromatic heterocycles. The number of hydrogen-bond acceptors (Lipinski definition) is 8. The molecule has 1 atom stereocenters. The molecule has 2 N–H and O–H groups in total. The van der Waals surface area contributed by atoms with Gasteiger partial charge in [-0.1, -0.05) is 33.1 Å². The summed E-state index contributed by atoms with van der Waals surface area (Å²) in [5, 5.41) is 14.0. The maximum absolute atomic E-state index is 16.2. The van der Waals surface area contributed by atoms with E-state index in [1.165, 1.54) is 41.3 Å². The third-order valence-corrected chi connectivity index (χ3v) is 9.56. The Morgan fingerprint density at radius 2 is 1.98 bits per heavy atom. The number of aryl methyl sites for hydroxylation is 2. The van der Waals surface area contributed by atoms with Gasteiger partial charge in [0.1, 0.15) is 40.9 Å². The fourth-order valence-electron chi connectivity index (χ4n) is 5.60. The third-order valence-electron chi connectivity index (χ3n) is 7.26. The van der Waals surface area contributed by atoms with E-state index in [0.29, 0.717) is 0 Å². The Balaban J connectivity index is 1.82. The molecule has 1 unspecified atom stereocenters. The molecule has 3 aromatic rings. The van der Waals surface area contributed by atoms with Gasteiger partial charge in [-0.05, 0) is 55.2 Å². The number of nitrogens with zero attached hydrogens (tertiary/aromatic N) is 2. The van der Waals surface area contributed by atoms with Gasteiger partial charge in [-0.15, -0.1) is 0 Å². The van der Waals surface area contributed by atoms with Gasteiger partial charge >= 0.3 is 0 Å². The Kier molecular flexibility index (Phi) is 7.26. The molecular formula is C31H32FN3O6S. The van der Waals surface area contributed by atoms with Crippen LogP contribution in [0.15, 0.2) is 76.7 Å². The zero-order chi connectivity index (χ0) is 30.6. The van der Waals surface area contributed by atoms with Crippen molar-refractivity contribution in [3.8, 4) is 11.5 Å². The molecule has 42 heavy (non-hydrogen) atoms. The summed E-state index contributed by atoms with van der Waals surface area (Å²) in [5.74, 6) is -1.37. The lowest BCUT2D eigenvalue weighted by Crippen LogP contribution is -2.41. The predicted octanol–water partition coefficient (Wildman–Crippen LogP) is 6.13. The standard InChI is InChI=1S/C31H32FN3O6S/c1-7-19(8-2)41-20-12-13-21(22(32)14-20)28-29-23(15-31(5,6)16-42(29,38)39)34-27-24(10-9-11-25(27)36)35(28)30(37)26-17(3)40-18(4)33-26/h7-14,19,28,34,36H,1-2,15-16H2,3-6H3. The average Bonchev–Trinajstić information content (AvgIpc) is 3.16. The first-order valence-corrected chi connectivity index (χ1v) is 14.9. The Labute approximate surface area is 243 Å². The molecule has 0 spiro atoms. The van der Waals surface area contributed by atoms with Crippen LogP contribution in [0.4, 0.5) is 15.8 Å². The highest BCUT2D eigenvalue weighted by atomic mass is 32.2. The number of phenols is 1. The number of allylic oxidation sites excluding steroid dienone is 1. The van der Waals surface area contributed by atoms with Crippen molar-refractivity contribution in [2.45, 2.75) is 46.3 Å². The van der Waals surface area contributed by atoms with Gasteiger partial charge in [0.15, 0.2) is 21.4 Å². The molecule has 0 saturated heterocycles. The number of anilines is 2. The number of para-hydroxylation sites is 1. The number of amides is 1. The maximum atomic E-state index is 16.2. The van der Waals surface area contributed by atoms with E-state index in [4.69, 9.17) is 9.15 Å². The molecule has 0 saturated carbocycles. The number of benzene rings is 2. The Hall–Kier alpha value is -4.38. The molecular weight excluding hydrogens is 561 g/mol. The lowest BCUT2D eigenvalue weighted by molar-refractivity contribution is 0.0974. The van der Waals surface area contributed by atoms with E-state index in [-0.39, 0.29) is 68.6 Å². The minimum absolute atomic E-state index is 0.0652. The molecule has 11 heteroatoms.